The predicted octanol–water partition coefficient (Wildman–Crippen LogP) is 3.08. The van der Waals surface area contributed by atoms with Crippen LogP contribution in [0.15, 0.2) is 30.3 Å². The molecule has 0 saturated carbocycles. The van der Waals surface area contributed by atoms with E-state index in [0.717, 1.165) is 22.6 Å². The molecule has 0 spiro atoms. The van der Waals surface area contributed by atoms with Crippen LogP contribution in [0.1, 0.15) is 22.4 Å². The number of benzene rings is 1. The highest BCUT2D eigenvalue weighted by Gasteiger charge is 2.07. The monoisotopic (exact) mass is 255 g/mol. The summed E-state index contributed by atoms with van der Waals surface area (Å²) >= 11 is 0. The van der Waals surface area contributed by atoms with Gasteiger partial charge >= 0.3 is 0 Å². The predicted molar refractivity (Wildman–Crippen MR) is 76.0 cm³/mol. The van der Waals surface area contributed by atoms with Gasteiger partial charge in [-0.1, -0.05) is 12.1 Å². The lowest BCUT2D eigenvalue weighted by atomic mass is 10.1. The zero-order valence-electron chi connectivity index (χ0n) is 11.3. The lowest BCUT2D eigenvalue weighted by Gasteiger charge is -2.10. The molecule has 0 aliphatic carbocycles. The Morgan fingerprint density at radius 3 is 2.58 bits per heavy atom. The lowest BCUT2D eigenvalue weighted by molar-refractivity contribution is 0.458. The molecular formula is C15H17N3O. The quantitative estimate of drug-likeness (QED) is 0.654. The van der Waals surface area contributed by atoms with Gasteiger partial charge in [0.05, 0.1) is 0 Å². The standard InChI is InChI=1S/C15H17N3O/c1-9-4-5-10(2)13(6-9)19-14-8-12(15(16)17)7-11(3)18-14/h4-8H,1-3H3,(H3,16,17). The fourth-order valence-electron chi connectivity index (χ4n) is 1.78. The highest BCUT2D eigenvalue weighted by atomic mass is 16.5. The number of hydrogen-bond donors (Lipinski definition) is 2. The number of pyridine rings is 1. The van der Waals surface area contributed by atoms with Crippen LogP contribution in [0, 0.1) is 26.2 Å². The number of aryl methyl sites for hydroxylation is 3. The molecule has 0 fully saturated rings. The van der Waals surface area contributed by atoms with Gasteiger partial charge in [0.25, 0.3) is 0 Å². The Hall–Kier alpha value is -2.36. The Morgan fingerprint density at radius 1 is 1.16 bits per heavy atom. The minimum Gasteiger partial charge on any atom is -0.439 e. The molecule has 3 N–H and O–H groups in total. The molecule has 0 aliphatic heterocycles. The van der Waals surface area contributed by atoms with E-state index in [1.54, 1.807) is 12.1 Å². The maximum absolute atomic E-state index is 7.48. The molecule has 0 atom stereocenters. The minimum atomic E-state index is 0.0105. The maximum atomic E-state index is 7.48. The molecule has 0 radical (unpaired) electrons. The van der Waals surface area contributed by atoms with Crippen LogP contribution in [0.25, 0.3) is 0 Å². The van der Waals surface area contributed by atoms with Crippen LogP contribution in [-0.4, -0.2) is 10.8 Å². The number of nitrogens with one attached hydrogen (secondary N) is 1. The van der Waals surface area contributed by atoms with Gasteiger partial charge in [-0.05, 0) is 44.0 Å². The van der Waals surface area contributed by atoms with Gasteiger partial charge in [0.1, 0.15) is 11.6 Å². The smallest absolute Gasteiger partial charge is 0.220 e. The molecule has 2 aromatic rings. The van der Waals surface area contributed by atoms with E-state index >= 15 is 0 Å². The van der Waals surface area contributed by atoms with E-state index in [1.165, 1.54) is 0 Å². The first-order chi connectivity index (χ1) is 8.95. The Kier molecular flexibility index (Phi) is 3.51. The molecule has 2 rings (SSSR count). The summed E-state index contributed by atoms with van der Waals surface area (Å²) in [5.41, 5.74) is 9.05. The molecule has 19 heavy (non-hydrogen) atoms. The molecule has 1 aromatic heterocycles. The normalized spacial score (nSPS) is 10.3. The zero-order chi connectivity index (χ0) is 14.0. The summed E-state index contributed by atoms with van der Waals surface area (Å²) in [6.45, 7) is 5.84. The SMILES string of the molecule is Cc1ccc(C)c(Oc2cc(C(=N)N)cc(C)n2)c1. The first-order valence-corrected chi connectivity index (χ1v) is 6.04. The van der Waals surface area contributed by atoms with E-state index < -0.39 is 0 Å². The van der Waals surface area contributed by atoms with Crippen molar-refractivity contribution in [2.45, 2.75) is 20.8 Å². The summed E-state index contributed by atoms with van der Waals surface area (Å²) < 4.78 is 5.80. The lowest BCUT2D eigenvalue weighted by Crippen LogP contribution is -2.11. The first-order valence-electron chi connectivity index (χ1n) is 6.04. The summed E-state index contributed by atoms with van der Waals surface area (Å²) in [5, 5.41) is 7.48. The van der Waals surface area contributed by atoms with E-state index in [2.05, 4.69) is 4.98 Å². The average Bonchev–Trinajstić information content (AvgIpc) is 2.33. The third-order valence-corrected chi connectivity index (χ3v) is 2.80. The van der Waals surface area contributed by atoms with Crippen molar-refractivity contribution in [3.05, 3.63) is 52.7 Å². The molecule has 0 saturated heterocycles. The van der Waals surface area contributed by atoms with E-state index in [4.69, 9.17) is 15.9 Å². The average molecular weight is 255 g/mol. The Labute approximate surface area is 112 Å². The van der Waals surface area contributed by atoms with Gasteiger partial charge in [-0.25, -0.2) is 4.98 Å². The second-order valence-electron chi connectivity index (χ2n) is 4.62. The van der Waals surface area contributed by atoms with Crippen molar-refractivity contribution in [1.82, 2.24) is 4.98 Å². The molecule has 4 nitrogen and oxygen atoms in total. The molecule has 0 amide bonds. The topological polar surface area (TPSA) is 72.0 Å². The molecule has 98 valence electrons. The van der Waals surface area contributed by atoms with Crippen LogP contribution in [-0.2, 0) is 0 Å². The number of nitrogen functional groups attached to an aromatic ring is 1. The van der Waals surface area contributed by atoms with Crippen LogP contribution < -0.4 is 10.5 Å². The molecular weight excluding hydrogens is 238 g/mol. The molecule has 4 heteroatoms. The second-order valence-corrected chi connectivity index (χ2v) is 4.62. The third kappa shape index (κ3) is 3.10. The first kappa shape index (κ1) is 13.1. The van der Waals surface area contributed by atoms with Crippen molar-refractivity contribution >= 4 is 5.84 Å². The van der Waals surface area contributed by atoms with Gasteiger partial charge in [-0.2, -0.15) is 0 Å². The van der Waals surface area contributed by atoms with Crippen molar-refractivity contribution < 1.29 is 4.74 Å². The fraction of sp³-hybridized carbons (Fsp3) is 0.200. The Bertz CT molecular complexity index is 635. The van der Waals surface area contributed by atoms with Crippen LogP contribution in [0.3, 0.4) is 0 Å². The van der Waals surface area contributed by atoms with Crippen molar-refractivity contribution in [3.8, 4) is 11.6 Å². The number of rotatable bonds is 3. The van der Waals surface area contributed by atoms with E-state index in [-0.39, 0.29) is 5.84 Å². The van der Waals surface area contributed by atoms with Gasteiger partial charge < -0.3 is 10.5 Å². The van der Waals surface area contributed by atoms with Gasteiger partial charge in [0, 0.05) is 17.3 Å². The summed E-state index contributed by atoms with van der Waals surface area (Å²) in [6.07, 6.45) is 0. The maximum Gasteiger partial charge on any atom is 0.220 e. The second kappa shape index (κ2) is 5.10. The van der Waals surface area contributed by atoms with Gasteiger partial charge in [-0.15, -0.1) is 0 Å². The summed E-state index contributed by atoms with van der Waals surface area (Å²) in [4.78, 5) is 4.31. The Morgan fingerprint density at radius 2 is 1.89 bits per heavy atom. The molecule has 0 bridgehead atoms. The van der Waals surface area contributed by atoms with Crippen molar-refractivity contribution in [3.63, 3.8) is 0 Å². The minimum absolute atomic E-state index is 0.0105. The van der Waals surface area contributed by atoms with Crippen LogP contribution in [0.5, 0.6) is 11.6 Å². The molecule has 1 heterocycles. The van der Waals surface area contributed by atoms with Crippen molar-refractivity contribution in [1.29, 1.82) is 5.41 Å². The van der Waals surface area contributed by atoms with Crippen LogP contribution >= 0.6 is 0 Å². The van der Waals surface area contributed by atoms with Crippen molar-refractivity contribution in [2.24, 2.45) is 5.73 Å². The van der Waals surface area contributed by atoms with E-state index in [1.807, 2.05) is 39.0 Å². The summed E-state index contributed by atoms with van der Waals surface area (Å²) in [5.74, 6) is 1.24. The highest BCUT2D eigenvalue weighted by Crippen LogP contribution is 2.25. The fourth-order valence-corrected chi connectivity index (χ4v) is 1.78. The van der Waals surface area contributed by atoms with E-state index in [9.17, 15) is 0 Å². The van der Waals surface area contributed by atoms with Gasteiger partial charge in [0.2, 0.25) is 5.88 Å². The van der Waals surface area contributed by atoms with E-state index in [0.29, 0.717) is 11.4 Å². The van der Waals surface area contributed by atoms with Crippen LogP contribution in [0.4, 0.5) is 0 Å². The highest BCUT2D eigenvalue weighted by molar-refractivity contribution is 5.95. The number of ether oxygens (including phenoxy) is 1. The zero-order valence-corrected chi connectivity index (χ0v) is 11.3. The third-order valence-electron chi connectivity index (χ3n) is 2.80. The molecule has 0 unspecified atom stereocenters. The number of amidine groups is 1. The number of nitrogens with two attached hydrogens (primary N) is 1. The summed E-state index contributed by atoms with van der Waals surface area (Å²) in [6, 6.07) is 9.45. The van der Waals surface area contributed by atoms with Gasteiger partial charge in [-0.3, -0.25) is 5.41 Å². The molecule has 0 aliphatic rings. The van der Waals surface area contributed by atoms with Gasteiger partial charge in [0.15, 0.2) is 0 Å². The Balaban J connectivity index is 2.38. The number of hydrogen-bond acceptors (Lipinski definition) is 3. The molecule has 1 aromatic carbocycles. The van der Waals surface area contributed by atoms with Crippen molar-refractivity contribution in [2.75, 3.05) is 0 Å². The largest absolute Gasteiger partial charge is 0.439 e. The number of aromatic nitrogens is 1. The summed E-state index contributed by atoms with van der Waals surface area (Å²) in [7, 11) is 0. The number of nitrogens with zero attached hydrogens (tertiary/aromatic N) is 1. The van der Waals surface area contributed by atoms with Crippen LogP contribution in [0.2, 0.25) is 0 Å².